The molecule has 2 saturated heterocycles. The van der Waals surface area contributed by atoms with Gasteiger partial charge in [-0.25, -0.2) is 9.97 Å². The molecule has 12 nitrogen and oxygen atoms in total. The second-order valence-electron chi connectivity index (χ2n) is 14.8. The van der Waals surface area contributed by atoms with E-state index in [9.17, 15) is 10.1 Å². The van der Waals surface area contributed by atoms with E-state index < -0.39 is 5.60 Å². The van der Waals surface area contributed by atoms with Crippen LogP contribution in [0.1, 0.15) is 34.9 Å². The average molecular weight is 702 g/mol. The van der Waals surface area contributed by atoms with E-state index in [4.69, 9.17) is 4.74 Å². The lowest BCUT2D eigenvalue weighted by atomic mass is 9.91. The lowest BCUT2D eigenvalue weighted by molar-refractivity contribution is -0.386. The summed E-state index contributed by atoms with van der Waals surface area (Å²) in [7, 11) is 0. The van der Waals surface area contributed by atoms with E-state index in [-0.39, 0.29) is 10.6 Å². The number of benzene rings is 3. The van der Waals surface area contributed by atoms with Crippen LogP contribution in [0.2, 0.25) is 0 Å². The van der Waals surface area contributed by atoms with E-state index in [0.717, 1.165) is 99.3 Å². The van der Waals surface area contributed by atoms with Gasteiger partial charge in [0.1, 0.15) is 11.4 Å². The number of fused-ring (bicyclic) bond motifs is 1. The molecule has 3 aromatic carbocycles. The third-order valence-electron chi connectivity index (χ3n) is 11.3. The molecule has 3 aliphatic heterocycles. The van der Waals surface area contributed by atoms with Crippen molar-refractivity contribution in [2.45, 2.75) is 46.3 Å². The van der Waals surface area contributed by atoms with Crippen molar-refractivity contribution < 1.29 is 9.66 Å². The fourth-order valence-electron chi connectivity index (χ4n) is 8.31. The Balaban J connectivity index is 0.836. The molecule has 270 valence electrons. The molecule has 0 bridgehead atoms. The molecule has 0 spiro atoms. The molecular weight excluding hydrogens is 654 g/mol. The maximum atomic E-state index is 11.8. The van der Waals surface area contributed by atoms with Crippen molar-refractivity contribution in [1.82, 2.24) is 28.9 Å². The molecule has 0 saturated carbocycles. The highest BCUT2D eigenvalue weighted by molar-refractivity contribution is 5.63. The van der Waals surface area contributed by atoms with Gasteiger partial charge in [-0.3, -0.25) is 19.9 Å². The second-order valence-corrected chi connectivity index (χ2v) is 14.8. The van der Waals surface area contributed by atoms with E-state index in [2.05, 4.69) is 89.6 Å². The minimum absolute atomic E-state index is 0.229. The number of anilines is 2. The minimum Gasteiger partial charge on any atom is -0.485 e. The van der Waals surface area contributed by atoms with Crippen LogP contribution < -0.4 is 14.5 Å². The van der Waals surface area contributed by atoms with Crippen molar-refractivity contribution in [2.75, 3.05) is 68.7 Å². The van der Waals surface area contributed by atoms with Crippen LogP contribution >= 0.6 is 0 Å². The molecule has 0 amide bonds. The van der Waals surface area contributed by atoms with Gasteiger partial charge in [0.2, 0.25) is 0 Å². The van der Waals surface area contributed by atoms with Crippen molar-refractivity contribution in [2.24, 2.45) is 0 Å². The van der Waals surface area contributed by atoms with E-state index in [1.54, 1.807) is 6.20 Å². The number of ether oxygens (including phenoxy) is 1. The van der Waals surface area contributed by atoms with Gasteiger partial charge in [0.25, 0.3) is 5.69 Å². The molecule has 52 heavy (non-hydrogen) atoms. The smallest absolute Gasteiger partial charge is 0.275 e. The van der Waals surface area contributed by atoms with Gasteiger partial charge in [0.15, 0.2) is 0 Å². The second kappa shape index (κ2) is 13.7. The first-order valence-electron chi connectivity index (χ1n) is 18.3. The van der Waals surface area contributed by atoms with Crippen molar-refractivity contribution >= 4 is 17.1 Å². The Hall–Kier alpha value is -5.20. The van der Waals surface area contributed by atoms with Crippen LogP contribution in [-0.2, 0) is 13.0 Å². The largest absolute Gasteiger partial charge is 0.485 e. The Morgan fingerprint density at radius 1 is 0.750 bits per heavy atom. The Bertz CT molecular complexity index is 2040. The summed E-state index contributed by atoms with van der Waals surface area (Å²) < 4.78 is 10.8. The molecule has 0 aliphatic carbocycles. The number of nitro groups is 1. The summed E-state index contributed by atoms with van der Waals surface area (Å²) in [6.45, 7) is 17.1. The minimum atomic E-state index is -0.409. The molecule has 12 heteroatoms. The molecule has 5 aromatic rings. The van der Waals surface area contributed by atoms with Crippen LogP contribution in [0.3, 0.4) is 0 Å². The molecule has 1 atom stereocenters. The number of rotatable bonds is 9. The molecule has 2 fully saturated rings. The van der Waals surface area contributed by atoms with Gasteiger partial charge < -0.3 is 23.7 Å². The van der Waals surface area contributed by atoms with Crippen LogP contribution in [0, 0.1) is 30.9 Å². The Morgan fingerprint density at radius 2 is 1.35 bits per heavy atom. The van der Waals surface area contributed by atoms with Crippen molar-refractivity contribution in [3.8, 4) is 17.1 Å². The molecule has 8 rings (SSSR count). The van der Waals surface area contributed by atoms with Crippen LogP contribution in [0.25, 0.3) is 11.4 Å². The Labute approximate surface area is 305 Å². The zero-order valence-electron chi connectivity index (χ0n) is 30.5. The van der Waals surface area contributed by atoms with E-state index in [0.29, 0.717) is 12.0 Å². The predicted octanol–water partition coefficient (Wildman–Crippen LogP) is 5.73. The van der Waals surface area contributed by atoms with E-state index in [1.165, 1.54) is 17.1 Å². The molecular formula is C40H47N9O3. The molecule has 2 aromatic heterocycles. The third-order valence-corrected chi connectivity index (χ3v) is 11.3. The summed E-state index contributed by atoms with van der Waals surface area (Å²) >= 11 is 0. The van der Waals surface area contributed by atoms with Crippen LogP contribution in [0.4, 0.5) is 17.1 Å². The number of aromatic nitrogens is 4. The first kappa shape index (κ1) is 33.9. The summed E-state index contributed by atoms with van der Waals surface area (Å²) in [5, 5.41) is 11.8. The topological polar surface area (TPSA) is 101 Å². The lowest BCUT2D eigenvalue weighted by Gasteiger charge is -2.39. The number of piperazine rings is 2. The van der Waals surface area contributed by atoms with Crippen molar-refractivity contribution in [1.29, 1.82) is 0 Å². The van der Waals surface area contributed by atoms with Gasteiger partial charge >= 0.3 is 0 Å². The summed E-state index contributed by atoms with van der Waals surface area (Å²) in [4.78, 5) is 30.1. The molecule has 5 heterocycles. The van der Waals surface area contributed by atoms with E-state index in [1.807, 2.05) is 50.4 Å². The van der Waals surface area contributed by atoms with Crippen LogP contribution in [0.15, 0.2) is 79.8 Å². The predicted molar refractivity (Wildman–Crippen MR) is 203 cm³/mol. The number of nitro benzene ring substituents is 1. The van der Waals surface area contributed by atoms with Gasteiger partial charge in [-0.15, -0.1) is 0 Å². The highest BCUT2D eigenvalue weighted by Crippen LogP contribution is 2.45. The Kier molecular flexibility index (Phi) is 8.96. The summed E-state index contributed by atoms with van der Waals surface area (Å²) in [6.07, 6.45) is 10.2. The van der Waals surface area contributed by atoms with Gasteiger partial charge in [-0.2, -0.15) is 0 Å². The normalized spacial score (nSPS) is 19.5. The van der Waals surface area contributed by atoms with Crippen molar-refractivity contribution in [3.63, 3.8) is 0 Å². The van der Waals surface area contributed by atoms with E-state index >= 15 is 0 Å². The quantitative estimate of drug-likeness (QED) is 0.141. The van der Waals surface area contributed by atoms with Gasteiger partial charge in [-0.05, 0) is 76.2 Å². The monoisotopic (exact) mass is 701 g/mol. The van der Waals surface area contributed by atoms with Crippen LogP contribution in [0.5, 0.6) is 5.75 Å². The number of hydrogen-bond donors (Lipinski definition) is 0. The highest BCUT2D eigenvalue weighted by Gasteiger charge is 2.41. The average Bonchev–Trinajstić information content (AvgIpc) is 3.93. The zero-order chi connectivity index (χ0) is 36.0. The number of imidazole rings is 2. The molecule has 1 unspecified atom stereocenters. The summed E-state index contributed by atoms with van der Waals surface area (Å²) in [6, 6.07) is 17.6. The molecule has 3 aliphatic rings. The van der Waals surface area contributed by atoms with Crippen molar-refractivity contribution in [3.05, 3.63) is 118 Å². The first-order chi connectivity index (χ1) is 25.2. The lowest BCUT2D eigenvalue weighted by Crippen LogP contribution is -2.52. The fourth-order valence-corrected chi connectivity index (χ4v) is 8.31. The number of nitrogens with zero attached hydrogens (tertiary/aromatic N) is 9. The Morgan fingerprint density at radius 3 is 1.94 bits per heavy atom. The maximum Gasteiger partial charge on any atom is 0.275 e. The fraction of sp³-hybridized carbons (Fsp3) is 0.400. The SMILES string of the molecule is Cc1c(C)c([N+](=O)[O-])c(C)c2c1OC(C)(CN1CCN(c3ccc(-n4cncc4CN4CCN(c5ccc(-n6ccnc6)cc5)CC4)cc3)CC1)C2. The standard InChI is InChI=1S/C40H47N9O3/c1-29-30(2)39-37(31(3)38(29)49(50)51)23-40(4,52-39)26-44-17-21-46(22-18-44)33-9-11-35(12-10-33)48-28-42-24-36(48)25-43-15-19-45(20-16-43)32-5-7-34(8-6-32)47-14-13-41-27-47/h5-14,24,27-28H,15-23,25-26H2,1-4H3. The van der Waals surface area contributed by atoms with Gasteiger partial charge in [0.05, 0.1) is 23.3 Å². The molecule has 0 radical (unpaired) electrons. The summed E-state index contributed by atoms with van der Waals surface area (Å²) in [5.74, 6) is 0.842. The summed E-state index contributed by atoms with van der Waals surface area (Å²) in [5.41, 5.74) is 9.06. The molecule has 0 N–H and O–H groups in total. The first-order valence-corrected chi connectivity index (χ1v) is 18.3. The zero-order valence-corrected chi connectivity index (χ0v) is 30.5. The van der Waals surface area contributed by atoms with Gasteiger partial charge in [0, 0.05) is 135 Å². The van der Waals surface area contributed by atoms with Gasteiger partial charge in [-0.1, -0.05) is 0 Å². The highest BCUT2D eigenvalue weighted by atomic mass is 16.6. The maximum absolute atomic E-state index is 11.8. The van der Waals surface area contributed by atoms with Crippen LogP contribution in [-0.4, -0.2) is 98.3 Å². The number of hydrogen-bond acceptors (Lipinski definition) is 9. The third kappa shape index (κ3) is 6.52.